The molecule has 0 unspecified atom stereocenters. The molecule has 5 heteroatoms. The quantitative estimate of drug-likeness (QED) is 0.148. The monoisotopic (exact) mass is 1280 g/mol. The van der Waals surface area contributed by atoms with E-state index in [1.807, 2.05) is 0 Å². The summed E-state index contributed by atoms with van der Waals surface area (Å²) < 4.78 is 5.08. The van der Waals surface area contributed by atoms with Crippen LogP contribution in [0.4, 0.5) is 34.1 Å². The van der Waals surface area contributed by atoms with Gasteiger partial charge in [0.2, 0.25) is 0 Å². The summed E-state index contributed by atoms with van der Waals surface area (Å²) in [6.45, 7) is 33.2. The van der Waals surface area contributed by atoms with E-state index in [9.17, 15) is 0 Å². The summed E-state index contributed by atoms with van der Waals surface area (Å²) in [5.41, 5.74) is 33.8. The maximum Gasteiger partial charge on any atom is 0.252 e. The van der Waals surface area contributed by atoms with Crippen LogP contribution in [-0.4, -0.2) is 15.8 Å². The highest BCUT2D eigenvalue weighted by Crippen LogP contribution is 2.54. The van der Waals surface area contributed by atoms with Gasteiger partial charge in [0.05, 0.1) is 27.8 Å². The van der Waals surface area contributed by atoms with Crippen LogP contribution < -0.4 is 26.2 Å². The molecule has 0 atom stereocenters. The summed E-state index contributed by atoms with van der Waals surface area (Å²) in [7, 11) is 0. The van der Waals surface area contributed by atoms with Gasteiger partial charge >= 0.3 is 0 Å². The SMILES string of the molecule is CC(C)(C)c1ccc2c(c1)c1cc(C(C)(C)C)ccc1n2-c1cc2c3c(c1)N(c1ccc(-c4ccc5c(c4)C(C)(C)CC5(C)C)cc1)c1cc(-n4c5ccccc5c5ccccc54)ccc1B3c1ccc(-c3ccccc3)cc1N2c1ccc(-c2ccc3c(c2)C(C)(C)CC3(C)C)cc1. The molecule has 12 aromatic carbocycles. The summed E-state index contributed by atoms with van der Waals surface area (Å²) in [4.78, 5) is 5.26. The lowest BCUT2D eigenvalue weighted by Crippen LogP contribution is -2.61. The molecule has 99 heavy (non-hydrogen) atoms. The van der Waals surface area contributed by atoms with Crippen molar-refractivity contribution < 1.29 is 0 Å². The van der Waals surface area contributed by atoms with Gasteiger partial charge in [-0.25, -0.2) is 0 Å². The van der Waals surface area contributed by atoms with Crippen molar-refractivity contribution in [3.05, 3.63) is 282 Å². The van der Waals surface area contributed by atoms with Crippen LogP contribution in [0.2, 0.25) is 0 Å². The fraction of sp³-hybridized carbons (Fsp3) is 0.234. The van der Waals surface area contributed by atoms with E-state index in [-0.39, 0.29) is 39.2 Å². The Morgan fingerprint density at radius 2 is 0.646 bits per heavy atom. The Morgan fingerprint density at radius 1 is 0.283 bits per heavy atom. The van der Waals surface area contributed by atoms with Crippen LogP contribution in [0, 0.1) is 0 Å². The molecular weight excluding hydrogens is 1200 g/mol. The van der Waals surface area contributed by atoms with Crippen LogP contribution in [0.1, 0.15) is 143 Å². The number of nitrogens with zero attached hydrogens (tertiary/aromatic N) is 4. The van der Waals surface area contributed by atoms with Crippen molar-refractivity contribution in [2.75, 3.05) is 9.80 Å². The average molecular weight is 1280 g/mol. The Bertz CT molecular complexity index is 5570. The average Bonchev–Trinajstić information content (AvgIpc) is 1.12. The highest BCUT2D eigenvalue weighted by molar-refractivity contribution is 7.00. The number of aromatic nitrogens is 2. The largest absolute Gasteiger partial charge is 0.311 e. The minimum absolute atomic E-state index is 0.0547. The molecule has 4 heterocycles. The molecule has 2 aromatic heterocycles. The van der Waals surface area contributed by atoms with Crippen LogP contribution in [0.3, 0.4) is 0 Å². The van der Waals surface area contributed by atoms with E-state index in [1.165, 1.54) is 132 Å². The first-order valence-corrected chi connectivity index (χ1v) is 36.0. The summed E-state index contributed by atoms with van der Waals surface area (Å²) in [5.74, 6) is 0. The van der Waals surface area contributed by atoms with Crippen molar-refractivity contribution in [2.24, 2.45) is 0 Å². The molecule has 18 rings (SSSR count). The van der Waals surface area contributed by atoms with Gasteiger partial charge in [-0.15, -0.1) is 0 Å². The molecule has 486 valence electrons. The molecule has 0 spiro atoms. The Kier molecular flexibility index (Phi) is 13.1. The minimum atomic E-state index is -0.142. The molecule has 0 radical (unpaired) electrons. The summed E-state index contributed by atoms with van der Waals surface area (Å²) >= 11 is 0. The zero-order valence-corrected chi connectivity index (χ0v) is 60.0. The Labute approximate surface area is 585 Å². The Morgan fingerprint density at radius 3 is 1.13 bits per heavy atom. The van der Waals surface area contributed by atoms with Crippen molar-refractivity contribution in [1.82, 2.24) is 9.13 Å². The number of fused-ring (bicyclic) bond motifs is 12. The number of rotatable bonds is 7. The van der Waals surface area contributed by atoms with Gasteiger partial charge in [-0.2, -0.15) is 0 Å². The van der Waals surface area contributed by atoms with Crippen molar-refractivity contribution in [3.8, 4) is 44.8 Å². The number of anilines is 6. The summed E-state index contributed by atoms with van der Waals surface area (Å²) in [6, 6.07) is 96.8. The third-order valence-electron chi connectivity index (χ3n) is 23.4. The predicted molar refractivity (Wildman–Crippen MR) is 424 cm³/mol. The van der Waals surface area contributed by atoms with Crippen molar-refractivity contribution in [3.63, 3.8) is 0 Å². The summed E-state index contributed by atoms with van der Waals surface area (Å²) in [5, 5.41) is 5.03. The molecule has 0 saturated carbocycles. The van der Waals surface area contributed by atoms with Gasteiger partial charge in [0, 0.05) is 61.4 Å². The summed E-state index contributed by atoms with van der Waals surface area (Å²) in [6.07, 6.45) is 2.26. The van der Waals surface area contributed by atoms with Crippen molar-refractivity contribution in [1.29, 1.82) is 0 Å². The zero-order valence-electron chi connectivity index (χ0n) is 60.0. The first kappa shape index (κ1) is 61.3. The second-order valence-electron chi connectivity index (χ2n) is 34.1. The van der Waals surface area contributed by atoms with Crippen LogP contribution in [0.25, 0.3) is 88.4 Å². The smallest absolute Gasteiger partial charge is 0.252 e. The van der Waals surface area contributed by atoms with Crippen LogP contribution in [0.5, 0.6) is 0 Å². The van der Waals surface area contributed by atoms with Crippen molar-refractivity contribution >= 4 is 101 Å². The molecular formula is C94H87BN4. The maximum absolute atomic E-state index is 2.63. The van der Waals surface area contributed by atoms with E-state index in [1.54, 1.807) is 0 Å². The standard InChI is InChI=1S/C94H87BN4/c1-89(2,3)64-35-46-82-72(51-64)73-52-65(90(4,5)6)36-47-83(73)99(82)69-54-86-88-87(55-69)97(67-39-30-60(31-40-67)62-33-43-75-77(49-62)94(13,14)57-92(75,9)10)85-53-68(98-80-26-20-18-24-70(80)71-25-19-21-27-81(71)98)41-45-79(85)95(88)78-44-34-63(58-22-16-15-17-23-58)50-84(78)96(86)66-37-28-59(29-38-66)61-32-42-74-76(48-61)93(11,12)56-91(74,7)8/h15-55H,56-57H2,1-14H3. The molecule has 4 nitrogen and oxygen atoms in total. The van der Waals surface area contributed by atoms with Gasteiger partial charge < -0.3 is 18.9 Å². The number of benzene rings is 12. The molecule has 4 aliphatic rings. The van der Waals surface area contributed by atoms with Gasteiger partial charge in [0.25, 0.3) is 6.71 Å². The Hall–Kier alpha value is -10.1. The molecule has 2 aliphatic carbocycles. The van der Waals surface area contributed by atoms with E-state index in [0.717, 1.165) is 52.7 Å². The molecule has 0 N–H and O–H groups in total. The third-order valence-corrected chi connectivity index (χ3v) is 23.4. The maximum atomic E-state index is 2.63. The van der Waals surface area contributed by atoms with Gasteiger partial charge in [-0.3, -0.25) is 0 Å². The molecule has 0 saturated heterocycles. The topological polar surface area (TPSA) is 16.3 Å². The number of para-hydroxylation sites is 2. The van der Waals surface area contributed by atoms with E-state index >= 15 is 0 Å². The number of hydrogen-bond acceptors (Lipinski definition) is 2. The van der Waals surface area contributed by atoms with Gasteiger partial charge in [0.15, 0.2) is 0 Å². The molecule has 0 bridgehead atoms. The van der Waals surface area contributed by atoms with Crippen LogP contribution in [0.15, 0.2) is 249 Å². The molecule has 0 amide bonds. The first-order valence-electron chi connectivity index (χ1n) is 36.0. The predicted octanol–water partition coefficient (Wildman–Crippen LogP) is 23.5. The minimum Gasteiger partial charge on any atom is -0.311 e. The Balaban J connectivity index is 0.931. The fourth-order valence-electron chi connectivity index (χ4n) is 19.0. The molecule has 0 fully saturated rings. The second-order valence-corrected chi connectivity index (χ2v) is 34.1. The lowest BCUT2D eigenvalue weighted by molar-refractivity contribution is 0.402. The van der Waals surface area contributed by atoms with E-state index < -0.39 is 0 Å². The zero-order chi connectivity index (χ0) is 68.2. The lowest BCUT2D eigenvalue weighted by Gasteiger charge is -2.44. The van der Waals surface area contributed by atoms with Gasteiger partial charge in [-0.1, -0.05) is 255 Å². The third kappa shape index (κ3) is 9.46. The first-order chi connectivity index (χ1) is 47.3. The normalized spacial score (nSPS) is 16.2. The number of hydrogen-bond donors (Lipinski definition) is 0. The van der Waals surface area contributed by atoms with E-state index in [0.29, 0.717) is 0 Å². The lowest BCUT2D eigenvalue weighted by atomic mass is 9.33. The highest BCUT2D eigenvalue weighted by atomic mass is 15.2. The fourth-order valence-corrected chi connectivity index (χ4v) is 19.0. The van der Waals surface area contributed by atoms with E-state index in [4.69, 9.17) is 0 Å². The van der Waals surface area contributed by atoms with Gasteiger partial charge in [-0.05, 0) is 219 Å². The second kappa shape index (κ2) is 21.2. The molecule has 2 aliphatic heterocycles. The molecule has 14 aromatic rings. The van der Waals surface area contributed by atoms with Crippen LogP contribution in [-0.2, 0) is 32.5 Å². The van der Waals surface area contributed by atoms with Crippen LogP contribution >= 0.6 is 0 Å². The van der Waals surface area contributed by atoms with Gasteiger partial charge in [0.1, 0.15) is 0 Å². The van der Waals surface area contributed by atoms with E-state index in [2.05, 4.69) is 365 Å². The van der Waals surface area contributed by atoms with Crippen molar-refractivity contribution in [2.45, 2.75) is 142 Å². The highest BCUT2D eigenvalue weighted by Gasteiger charge is 2.46.